The van der Waals surface area contributed by atoms with Gasteiger partial charge in [0, 0.05) is 18.4 Å². The standard InChI is InChI=1S/C24H25N3O2/c1-27(2)17-19-8-5-4-7-18(19)10-12-23(28)22-15-20(11-13-24(22)29-3)26-21-9-6-14-25-16-21/h4-16,26H,17H2,1-3H3/b12-10+. The highest BCUT2D eigenvalue weighted by Gasteiger charge is 2.11. The fraction of sp³-hybridized carbons (Fsp3) is 0.167. The van der Waals surface area contributed by atoms with Gasteiger partial charge in [0.05, 0.1) is 24.6 Å². The Morgan fingerprint density at radius 2 is 1.93 bits per heavy atom. The van der Waals surface area contributed by atoms with Crippen LogP contribution in [0.2, 0.25) is 0 Å². The molecule has 148 valence electrons. The van der Waals surface area contributed by atoms with Crippen molar-refractivity contribution < 1.29 is 9.53 Å². The van der Waals surface area contributed by atoms with E-state index in [0.717, 1.165) is 23.5 Å². The molecule has 1 aromatic heterocycles. The van der Waals surface area contributed by atoms with E-state index >= 15 is 0 Å². The van der Waals surface area contributed by atoms with Gasteiger partial charge < -0.3 is 15.0 Å². The van der Waals surface area contributed by atoms with Crippen LogP contribution >= 0.6 is 0 Å². The van der Waals surface area contributed by atoms with Gasteiger partial charge in [-0.25, -0.2) is 0 Å². The maximum atomic E-state index is 12.9. The van der Waals surface area contributed by atoms with Crippen molar-refractivity contribution in [3.63, 3.8) is 0 Å². The molecule has 0 bridgehead atoms. The van der Waals surface area contributed by atoms with E-state index in [1.54, 1.807) is 37.7 Å². The number of benzene rings is 2. The van der Waals surface area contributed by atoms with Crippen LogP contribution in [0.1, 0.15) is 21.5 Å². The molecule has 0 fully saturated rings. The normalized spacial score (nSPS) is 11.0. The third kappa shape index (κ3) is 5.53. The lowest BCUT2D eigenvalue weighted by molar-refractivity contribution is 0.104. The van der Waals surface area contributed by atoms with Gasteiger partial charge in [-0.15, -0.1) is 0 Å². The Kier molecular flexibility index (Phi) is 6.76. The first kappa shape index (κ1) is 20.3. The Hall–Kier alpha value is -3.44. The Bertz CT molecular complexity index is 998. The number of anilines is 2. The molecule has 0 saturated carbocycles. The molecule has 29 heavy (non-hydrogen) atoms. The number of ketones is 1. The number of carbonyl (C=O) groups excluding carboxylic acids is 1. The Labute approximate surface area is 171 Å². The van der Waals surface area contributed by atoms with Crippen LogP contribution in [0.3, 0.4) is 0 Å². The molecule has 0 aliphatic heterocycles. The minimum Gasteiger partial charge on any atom is -0.496 e. The summed E-state index contributed by atoms with van der Waals surface area (Å²) in [6, 6.07) is 17.3. The van der Waals surface area contributed by atoms with Gasteiger partial charge in [0.25, 0.3) is 0 Å². The Morgan fingerprint density at radius 1 is 1.10 bits per heavy atom. The predicted molar refractivity (Wildman–Crippen MR) is 118 cm³/mol. The first-order chi connectivity index (χ1) is 14.1. The summed E-state index contributed by atoms with van der Waals surface area (Å²) in [5, 5.41) is 3.26. The van der Waals surface area contributed by atoms with Crippen molar-refractivity contribution >= 4 is 23.2 Å². The number of methoxy groups -OCH3 is 1. The summed E-state index contributed by atoms with van der Waals surface area (Å²) < 4.78 is 5.40. The molecule has 0 radical (unpaired) electrons. The van der Waals surface area contributed by atoms with E-state index in [2.05, 4.69) is 21.3 Å². The van der Waals surface area contributed by atoms with Crippen molar-refractivity contribution in [2.45, 2.75) is 6.54 Å². The van der Waals surface area contributed by atoms with E-state index in [9.17, 15) is 4.79 Å². The summed E-state index contributed by atoms with van der Waals surface area (Å²) in [7, 11) is 5.62. The van der Waals surface area contributed by atoms with E-state index in [4.69, 9.17) is 4.74 Å². The first-order valence-electron chi connectivity index (χ1n) is 9.37. The zero-order valence-electron chi connectivity index (χ0n) is 16.9. The largest absolute Gasteiger partial charge is 0.496 e. The number of hydrogen-bond acceptors (Lipinski definition) is 5. The molecular weight excluding hydrogens is 362 g/mol. The maximum Gasteiger partial charge on any atom is 0.189 e. The molecule has 0 aliphatic carbocycles. The van der Waals surface area contributed by atoms with Gasteiger partial charge in [-0.2, -0.15) is 0 Å². The number of allylic oxidation sites excluding steroid dienone is 1. The zero-order valence-corrected chi connectivity index (χ0v) is 16.9. The van der Waals surface area contributed by atoms with Crippen molar-refractivity contribution in [1.29, 1.82) is 0 Å². The second kappa shape index (κ2) is 9.66. The summed E-state index contributed by atoms with van der Waals surface area (Å²) in [5.74, 6) is 0.425. The minimum atomic E-state index is -0.114. The molecule has 0 spiro atoms. The van der Waals surface area contributed by atoms with Gasteiger partial charge in [0.1, 0.15) is 5.75 Å². The number of nitrogens with one attached hydrogen (secondary N) is 1. The summed E-state index contributed by atoms with van der Waals surface area (Å²) >= 11 is 0. The van der Waals surface area contributed by atoms with E-state index in [-0.39, 0.29) is 5.78 Å². The van der Waals surface area contributed by atoms with E-state index < -0.39 is 0 Å². The number of hydrogen-bond donors (Lipinski definition) is 1. The van der Waals surface area contributed by atoms with Crippen LogP contribution in [-0.4, -0.2) is 36.9 Å². The van der Waals surface area contributed by atoms with Gasteiger partial charge in [0.15, 0.2) is 5.78 Å². The molecule has 3 aromatic rings. The van der Waals surface area contributed by atoms with E-state index in [1.807, 2.05) is 56.6 Å². The van der Waals surface area contributed by atoms with Crippen LogP contribution in [0.4, 0.5) is 11.4 Å². The van der Waals surface area contributed by atoms with Crippen molar-refractivity contribution in [2.75, 3.05) is 26.5 Å². The minimum absolute atomic E-state index is 0.114. The molecule has 1 heterocycles. The Morgan fingerprint density at radius 3 is 2.66 bits per heavy atom. The zero-order chi connectivity index (χ0) is 20.6. The van der Waals surface area contributed by atoms with Gasteiger partial charge in [0.2, 0.25) is 0 Å². The topological polar surface area (TPSA) is 54.5 Å². The highest BCUT2D eigenvalue weighted by Crippen LogP contribution is 2.26. The van der Waals surface area contributed by atoms with Crippen LogP contribution in [0.5, 0.6) is 5.75 Å². The van der Waals surface area contributed by atoms with Gasteiger partial charge >= 0.3 is 0 Å². The van der Waals surface area contributed by atoms with Crippen LogP contribution < -0.4 is 10.1 Å². The molecule has 5 nitrogen and oxygen atoms in total. The number of rotatable bonds is 8. The lowest BCUT2D eigenvalue weighted by Crippen LogP contribution is -2.11. The summed E-state index contributed by atoms with van der Waals surface area (Å²) in [4.78, 5) is 19.1. The van der Waals surface area contributed by atoms with Crippen LogP contribution in [0, 0.1) is 0 Å². The third-order valence-electron chi connectivity index (χ3n) is 4.37. The van der Waals surface area contributed by atoms with Crippen LogP contribution in [-0.2, 0) is 6.54 Å². The summed E-state index contributed by atoms with van der Waals surface area (Å²) in [6.07, 6.45) is 6.91. The number of ether oxygens (including phenoxy) is 1. The molecule has 5 heteroatoms. The van der Waals surface area contributed by atoms with Gasteiger partial charge in [-0.3, -0.25) is 9.78 Å². The second-order valence-corrected chi connectivity index (χ2v) is 6.92. The fourth-order valence-electron chi connectivity index (χ4n) is 3.02. The SMILES string of the molecule is COc1ccc(Nc2cccnc2)cc1C(=O)/C=C/c1ccccc1CN(C)C. The molecule has 0 atom stereocenters. The molecule has 0 unspecified atom stereocenters. The highest BCUT2D eigenvalue weighted by molar-refractivity contribution is 6.09. The summed E-state index contributed by atoms with van der Waals surface area (Å²) in [6.45, 7) is 0.808. The lowest BCUT2D eigenvalue weighted by Gasteiger charge is -2.12. The smallest absolute Gasteiger partial charge is 0.189 e. The number of carbonyl (C=O) groups is 1. The van der Waals surface area contributed by atoms with Gasteiger partial charge in [-0.05, 0) is 61.6 Å². The molecule has 2 aromatic carbocycles. The van der Waals surface area contributed by atoms with Crippen molar-refractivity contribution in [1.82, 2.24) is 9.88 Å². The van der Waals surface area contributed by atoms with Gasteiger partial charge in [-0.1, -0.05) is 30.3 Å². The van der Waals surface area contributed by atoms with E-state index in [1.165, 1.54) is 5.56 Å². The molecule has 0 amide bonds. The molecule has 1 N–H and O–H groups in total. The second-order valence-electron chi connectivity index (χ2n) is 6.92. The fourth-order valence-corrected chi connectivity index (χ4v) is 3.02. The quantitative estimate of drug-likeness (QED) is 0.445. The Balaban J connectivity index is 1.85. The summed E-state index contributed by atoms with van der Waals surface area (Å²) in [5.41, 5.74) is 4.34. The number of aromatic nitrogens is 1. The number of pyridine rings is 1. The molecule has 0 saturated heterocycles. The van der Waals surface area contributed by atoms with Crippen molar-refractivity contribution in [3.05, 3.63) is 89.8 Å². The van der Waals surface area contributed by atoms with E-state index in [0.29, 0.717) is 11.3 Å². The molecule has 0 aliphatic rings. The molecule has 3 rings (SSSR count). The van der Waals surface area contributed by atoms with Crippen LogP contribution in [0.15, 0.2) is 73.1 Å². The maximum absolute atomic E-state index is 12.9. The predicted octanol–water partition coefficient (Wildman–Crippen LogP) is 4.79. The average Bonchev–Trinajstić information content (AvgIpc) is 2.73. The monoisotopic (exact) mass is 387 g/mol. The van der Waals surface area contributed by atoms with Crippen molar-refractivity contribution in [2.24, 2.45) is 0 Å². The van der Waals surface area contributed by atoms with Crippen LogP contribution in [0.25, 0.3) is 6.08 Å². The first-order valence-corrected chi connectivity index (χ1v) is 9.37. The molecular formula is C24H25N3O2. The van der Waals surface area contributed by atoms with Crippen molar-refractivity contribution in [3.8, 4) is 5.75 Å². The average molecular weight is 387 g/mol. The highest BCUT2D eigenvalue weighted by atomic mass is 16.5. The lowest BCUT2D eigenvalue weighted by atomic mass is 10.0. The third-order valence-corrected chi connectivity index (χ3v) is 4.37. The number of nitrogens with zero attached hydrogens (tertiary/aromatic N) is 2.